The summed E-state index contributed by atoms with van der Waals surface area (Å²) in [6, 6.07) is 0. The van der Waals surface area contributed by atoms with Gasteiger partial charge in [-0.15, -0.1) is 0 Å². The van der Waals surface area contributed by atoms with E-state index in [1.54, 1.807) is 0 Å². The van der Waals surface area contributed by atoms with Gasteiger partial charge < -0.3 is 70.0 Å². The molecule has 2 heterocycles. The average molecular weight is 474 g/mol. The molecule has 2 aliphatic heterocycles. The molecule has 0 spiro atoms. The van der Waals surface area contributed by atoms with Gasteiger partial charge >= 0.3 is 11.9 Å². The van der Waals surface area contributed by atoms with Gasteiger partial charge in [0.05, 0.1) is 13.2 Å². The second-order valence-corrected chi connectivity index (χ2v) is 7.20. The van der Waals surface area contributed by atoms with Gasteiger partial charge in [-0.2, -0.15) is 0 Å². The third kappa shape index (κ3) is 5.01. The van der Waals surface area contributed by atoms with Gasteiger partial charge in [-0.3, -0.25) is 0 Å². The van der Waals surface area contributed by atoms with Crippen molar-refractivity contribution < 1.29 is 79.6 Å². The third-order valence-electron chi connectivity index (χ3n) is 5.08. The number of ether oxygens (including phenoxy) is 4. The number of carboxylic acids is 1. The summed E-state index contributed by atoms with van der Waals surface area (Å²) in [5, 5.41) is 96.3. The topological polar surface area (TPSA) is 273 Å². The zero-order chi connectivity index (χ0) is 24.4. The van der Waals surface area contributed by atoms with Gasteiger partial charge in [0.25, 0.3) is 0 Å². The molecule has 16 nitrogen and oxygen atoms in total. The Morgan fingerprint density at radius 2 is 1.47 bits per heavy atom. The van der Waals surface area contributed by atoms with E-state index in [4.69, 9.17) is 24.1 Å². The number of aliphatic carboxylic acids is 1. The number of carbonyl (C=O) groups excluding carboxylic acids is 1. The van der Waals surface area contributed by atoms with Crippen molar-refractivity contribution in [2.45, 2.75) is 67.0 Å². The molecule has 0 aromatic heterocycles. The fourth-order valence-corrected chi connectivity index (χ4v) is 3.23. The second-order valence-electron chi connectivity index (χ2n) is 7.20. The first kappa shape index (κ1) is 26.7. The molecule has 0 aliphatic carbocycles. The Morgan fingerprint density at radius 3 is 1.97 bits per heavy atom. The molecule has 0 bridgehead atoms. The summed E-state index contributed by atoms with van der Waals surface area (Å²) in [6.07, 6.45) is -19.9. The molecule has 2 aliphatic rings. The lowest BCUT2D eigenvalue weighted by atomic mass is 9.99. The van der Waals surface area contributed by atoms with E-state index in [0.717, 1.165) is 0 Å². The summed E-state index contributed by atoms with van der Waals surface area (Å²) in [6.45, 7) is -2.99. The lowest BCUT2D eigenvalue weighted by Crippen LogP contribution is -2.63. The fourth-order valence-electron chi connectivity index (χ4n) is 3.23. The van der Waals surface area contributed by atoms with E-state index < -0.39 is 98.8 Å². The number of carbonyl (C=O) groups is 2. The second kappa shape index (κ2) is 10.6. The van der Waals surface area contributed by atoms with Crippen LogP contribution in [0.5, 0.6) is 0 Å². The Kier molecular flexibility index (Phi) is 8.84. The van der Waals surface area contributed by atoms with Crippen molar-refractivity contribution in [1.82, 2.24) is 0 Å². The first-order chi connectivity index (χ1) is 14.9. The van der Waals surface area contributed by atoms with Crippen LogP contribution in [0.1, 0.15) is 0 Å². The smallest absolute Gasteiger partial charge is 0.338 e. The number of aliphatic hydroxyl groups is 9. The van der Waals surface area contributed by atoms with Gasteiger partial charge in [0, 0.05) is 0 Å². The van der Waals surface area contributed by atoms with Crippen LogP contribution >= 0.6 is 0 Å². The number of aliphatic hydroxyl groups excluding tert-OH is 9. The first-order valence-corrected chi connectivity index (χ1v) is 9.29. The van der Waals surface area contributed by atoms with E-state index in [9.17, 15) is 55.5 Å². The summed E-state index contributed by atoms with van der Waals surface area (Å²) in [5.74, 6) is -6.36. The molecule has 0 saturated carbocycles. The normalized spacial score (nSPS) is 41.8. The SMILES string of the molecule is O=C(O)C(O)C(O)C(=O)O[C@H]1[C@H](O)[C@@H](CO)O[C@@]1(CO)O[C@H]1O[C@H](CO)[C@@H](O)[C@H](O)[C@H]1O. The molecule has 186 valence electrons. The van der Waals surface area contributed by atoms with E-state index in [-0.39, 0.29) is 0 Å². The summed E-state index contributed by atoms with van der Waals surface area (Å²) < 4.78 is 20.5. The zero-order valence-electron chi connectivity index (χ0n) is 16.3. The van der Waals surface area contributed by atoms with Crippen molar-refractivity contribution in [3.8, 4) is 0 Å². The summed E-state index contributed by atoms with van der Waals surface area (Å²) in [4.78, 5) is 22.8. The number of rotatable bonds is 9. The lowest BCUT2D eigenvalue weighted by molar-refractivity contribution is -0.384. The molecule has 11 atom stereocenters. The molecular formula is C16H26O16. The Morgan fingerprint density at radius 1 is 0.875 bits per heavy atom. The molecule has 2 rings (SSSR count). The highest BCUT2D eigenvalue weighted by molar-refractivity contribution is 5.84. The van der Waals surface area contributed by atoms with Crippen LogP contribution in [0.15, 0.2) is 0 Å². The Labute approximate surface area is 179 Å². The van der Waals surface area contributed by atoms with Crippen molar-refractivity contribution in [3.63, 3.8) is 0 Å². The van der Waals surface area contributed by atoms with Crippen LogP contribution in [0.2, 0.25) is 0 Å². The zero-order valence-corrected chi connectivity index (χ0v) is 16.3. The molecule has 32 heavy (non-hydrogen) atoms. The monoisotopic (exact) mass is 474 g/mol. The minimum absolute atomic E-state index is 0.836. The van der Waals surface area contributed by atoms with E-state index in [0.29, 0.717) is 0 Å². The van der Waals surface area contributed by atoms with Crippen LogP contribution in [0, 0.1) is 0 Å². The van der Waals surface area contributed by atoms with Crippen LogP contribution in [0.4, 0.5) is 0 Å². The van der Waals surface area contributed by atoms with Crippen molar-refractivity contribution in [2.75, 3.05) is 19.8 Å². The highest BCUT2D eigenvalue weighted by Gasteiger charge is 2.61. The molecule has 2 unspecified atom stereocenters. The molecule has 10 N–H and O–H groups in total. The van der Waals surface area contributed by atoms with Crippen molar-refractivity contribution in [1.29, 1.82) is 0 Å². The summed E-state index contributed by atoms with van der Waals surface area (Å²) in [5.41, 5.74) is 0. The van der Waals surface area contributed by atoms with Crippen LogP contribution < -0.4 is 0 Å². The van der Waals surface area contributed by atoms with Gasteiger partial charge in [-0.25, -0.2) is 9.59 Å². The predicted octanol–water partition coefficient (Wildman–Crippen LogP) is -7.04. The molecule has 0 amide bonds. The maximum atomic E-state index is 12.1. The van der Waals surface area contributed by atoms with E-state index in [1.165, 1.54) is 0 Å². The van der Waals surface area contributed by atoms with Crippen LogP contribution in [-0.2, 0) is 28.5 Å². The largest absolute Gasteiger partial charge is 0.479 e. The van der Waals surface area contributed by atoms with Gasteiger partial charge in [0.2, 0.25) is 5.79 Å². The minimum atomic E-state index is -2.63. The predicted molar refractivity (Wildman–Crippen MR) is 92.2 cm³/mol. The highest BCUT2D eigenvalue weighted by Crippen LogP contribution is 2.38. The molecule has 16 heteroatoms. The number of hydrogen-bond donors (Lipinski definition) is 10. The molecule has 0 radical (unpaired) electrons. The molecule has 2 saturated heterocycles. The lowest BCUT2D eigenvalue weighted by Gasteiger charge is -2.43. The third-order valence-corrected chi connectivity index (χ3v) is 5.08. The quantitative estimate of drug-likeness (QED) is 0.139. The molecule has 2 fully saturated rings. The van der Waals surface area contributed by atoms with Gasteiger partial charge in [-0.1, -0.05) is 0 Å². The highest BCUT2D eigenvalue weighted by atomic mass is 16.8. The van der Waals surface area contributed by atoms with Crippen molar-refractivity contribution >= 4 is 11.9 Å². The standard InChI is InChI=1S/C16H26O16/c17-1-4-6(20)8(22)11(25)15(29-4)32-16(3-19)12(7(21)5(2-18)31-16)30-14(28)10(24)9(23)13(26)27/h4-12,15,17-25H,1-3H2,(H,26,27)/t4-,5-,6-,7-,8+,9?,10?,11-,12+,15-,16+/m1/s1. The van der Waals surface area contributed by atoms with E-state index in [1.807, 2.05) is 0 Å². The average Bonchev–Trinajstić information content (AvgIpc) is 3.04. The first-order valence-electron chi connectivity index (χ1n) is 9.29. The van der Waals surface area contributed by atoms with Gasteiger partial charge in [-0.05, 0) is 0 Å². The van der Waals surface area contributed by atoms with E-state index in [2.05, 4.69) is 0 Å². The Balaban J connectivity index is 2.31. The summed E-state index contributed by atoms with van der Waals surface area (Å²) in [7, 11) is 0. The Hall–Kier alpha value is -1.54. The van der Waals surface area contributed by atoms with Crippen molar-refractivity contribution in [2.24, 2.45) is 0 Å². The van der Waals surface area contributed by atoms with Crippen LogP contribution in [-0.4, -0.2) is 150 Å². The summed E-state index contributed by atoms with van der Waals surface area (Å²) >= 11 is 0. The molecule has 0 aromatic rings. The number of hydrogen-bond acceptors (Lipinski definition) is 15. The molecule has 0 aromatic carbocycles. The number of esters is 1. The van der Waals surface area contributed by atoms with Gasteiger partial charge in [0.1, 0.15) is 43.2 Å². The van der Waals surface area contributed by atoms with E-state index >= 15 is 0 Å². The molecular weight excluding hydrogens is 448 g/mol. The fraction of sp³-hybridized carbons (Fsp3) is 0.875. The van der Waals surface area contributed by atoms with Crippen molar-refractivity contribution in [3.05, 3.63) is 0 Å². The van der Waals surface area contributed by atoms with Crippen LogP contribution in [0.3, 0.4) is 0 Å². The maximum Gasteiger partial charge on any atom is 0.338 e. The van der Waals surface area contributed by atoms with Crippen LogP contribution in [0.25, 0.3) is 0 Å². The number of carboxylic acid groups (broad SMARTS) is 1. The maximum absolute atomic E-state index is 12.1. The Bertz CT molecular complexity index is 658. The minimum Gasteiger partial charge on any atom is -0.479 e. The van der Waals surface area contributed by atoms with Gasteiger partial charge in [0.15, 0.2) is 24.6 Å².